The predicted molar refractivity (Wildman–Crippen MR) is 181 cm³/mol. The Labute approximate surface area is 266 Å². The molecule has 2 N–H and O–H groups in total. The molecule has 1 aliphatic rings. The van der Waals surface area contributed by atoms with E-state index in [2.05, 4.69) is 64.4 Å². The Morgan fingerprint density at radius 3 is 2.60 bits per heavy atom. The molecule has 1 amide bonds. The number of ether oxygens (including phenoxy) is 1. The van der Waals surface area contributed by atoms with Crippen LogP contribution in [-0.4, -0.2) is 45.0 Å². The number of benzene rings is 2. The highest BCUT2D eigenvalue weighted by atomic mass is 28.3. The number of fused-ring (bicyclic) bond motifs is 2. The van der Waals surface area contributed by atoms with Crippen LogP contribution in [0.5, 0.6) is 0 Å². The van der Waals surface area contributed by atoms with E-state index in [9.17, 15) is 4.79 Å². The summed E-state index contributed by atoms with van der Waals surface area (Å²) in [7, 11) is -1.22. The van der Waals surface area contributed by atoms with Gasteiger partial charge in [0.05, 0.1) is 35.0 Å². The molecule has 0 saturated heterocycles. The molecular weight excluding hydrogens is 577 g/mol. The van der Waals surface area contributed by atoms with Gasteiger partial charge in [0.15, 0.2) is 0 Å². The molecule has 0 aliphatic heterocycles. The van der Waals surface area contributed by atoms with Gasteiger partial charge in [0.1, 0.15) is 12.6 Å². The highest BCUT2D eigenvalue weighted by Gasteiger charge is 2.30. The number of rotatable bonds is 12. The van der Waals surface area contributed by atoms with Gasteiger partial charge in [-0.15, -0.1) is 0 Å². The molecule has 45 heavy (non-hydrogen) atoms. The molecule has 0 bridgehead atoms. The quantitative estimate of drug-likeness (QED) is 0.120. The van der Waals surface area contributed by atoms with Crippen LogP contribution in [0.2, 0.25) is 25.7 Å². The summed E-state index contributed by atoms with van der Waals surface area (Å²) in [6.07, 6.45) is 6.72. The summed E-state index contributed by atoms with van der Waals surface area (Å²) in [4.78, 5) is 29.8. The van der Waals surface area contributed by atoms with Crippen molar-refractivity contribution in [3.05, 3.63) is 113 Å². The van der Waals surface area contributed by atoms with Crippen LogP contribution in [0.3, 0.4) is 0 Å². The van der Waals surface area contributed by atoms with Gasteiger partial charge < -0.3 is 15.0 Å². The van der Waals surface area contributed by atoms with Crippen LogP contribution in [0.1, 0.15) is 51.9 Å². The van der Waals surface area contributed by atoms with Crippen LogP contribution in [-0.2, 0) is 31.0 Å². The molecule has 2 aromatic carbocycles. The fraction of sp³-hybridized carbons (Fsp3) is 0.333. The maximum Gasteiger partial charge on any atom is 0.249 e. The number of hydrogen-bond donors (Lipinski definition) is 1. The third kappa shape index (κ3) is 7.06. The number of para-hydroxylation sites is 2. The van der Waals surface area contributed by atoms with Crippen molar-refractivity contribution in [1.82, 2.24) is 24.4 Å². The molecular formula is C36H42N6O2Si. The molecule has 232 valence electrons. The Balaban J connectivity index is 1.42. The number of aryl methyl sites for hydroxylation is 1. The van der Waals surface area contributed by atoms with E-state index in [4.69, 9.17) is 20.4 Å². The highest BCUT2D eigenvalue weighted by molar-refractivity contribution is 6.76. The van der Waals surface area contributed by atoms with E-state index in [-0.39, 0.29) is 6.04 Å². The van der Waals surface area contributed by atoms with Gasteiger partial charge in [0.25, 0.3) is 0 Å². The summed E-state index contributed by atoms with van der Waals surface area (Å²) in [5.41, 5.74) is 13.3. The number of nitrogens with zero attached hydrogens (tertiary/aromatic N) is 5. The summed E-state index contributed by atoms with van der Waals surface area (Å²) >= 11 is 0. The van der Waals surface area contributed by atoms with E-state index < -0.39 is 14.0 Å². The number of aromatic nitrogens is 4. The van der Waals surface area contributed by atoms with Gasteiger partial charge in [0.2, 0.25) is 5.91 Å². The maximum atomic E-state index is 12.7. The number of hydrogen-bond acceptors (Lipinski definition) is 6. The molecule has 3 heterocycles. The molecule has 3 aromatic heterocycles. The van der Waals surface area contributed by atoms with Crippen molar-refractivity contribution >= 4 is 25.0 Å². The van der Waals surface area contributed by atoms with Gasteiger partial charge in [-0.25, -0.2) is 4.98 Å². The summed E-state index contributed by atoms with van der Waals surface area (Å²) < 4.78 is 8.51. The normalized spacial score (nSPS) is 15.0. The number of primary amides is 1. The van der Waals surface area contributed by atoms with Crippen molar-refractivity contribution in [2.75, 3.05) is 6.61 Å². The zero-order valence-electron chi connectivity index (χ0n) is 26.4. The second-order valence-electron chi connectivity index (χ2n) is 13.1. The Morgan fingerprint density at radius 1 is 0.978 bits per heavy atom. The van der Waals surface area contributed by atoms with E-state index in [1.165, 1.54) is 5.56 Å². The lowest BCUT2D eigenvalue weighted by atomic mass is 9.90. The van der Waals surface area contributed by atoms with Crippen molar-refractivity contribution < 1.29 is 9.53 Å². The first-order valence-electron chi connectivity index (χ1n) is 15.8. The van der Waals surface area contributed by atoms with Crippen LogP contribution in [0.15, 0.2) is 85.2 Å². The van der Waals surface area contributed by atoms with E-state index in [1.54, 1.807) is 12.3 Å². The van der Waals surface area contributed by atoms with Gasteiger partial charge in [0, 0.05) is 44.7 Å². The van der Waals surface area contributed by atoms with Crippen molar-refractivity contribution in [3.8, 4) is 11.3 Å². The summed E-state index contributed by atoms with van der Waals surface area (Å²) in [5.74, 6) is 0.476. The first-order valence-corrected chi connectivity index (χ1v) is 19.5. The van der Waals surface area contributed by atoms with E-state index in [0.717, 1.165) is 71.3 Å². The van der Waals surface area contributed by atoms with E-state index >= 15 is 0 Å². The maximum absolute atomic E-state index is 12.7. The molecule has 0 fully saturated rings. The number of nitrogens with two attached hydrogens (primary N) is 1. The minimum atomic E-state index is -1.22. The first-order chi connectivity index (χ1) is 21.8. The molecule has 8 nitrogen and oxygen atoms in total. The fourth-order valence-electron chi connectivity index (χ4n) is 6.29. The Bertz CT molecular complexity index is 1780. The Kier molecular flexibility index (Phi) is 9.21. The second-order valence-corrected chi connectivity index (χ2v) is 18.7. The minimum Gasteiger partial charge on any atom is -0.366 e. The van der Waals surface area contributed by atoms with Crippen molar-refractivity contribution in [1.29, 1.82) is 0 Å². The molecule has 0 saturated carbocycles. The SMILES string of the molecule is C[Si](C)(C)CCOCn1c(CN(Cc2cccc(C(N)=O)c2-c2ccccn2)C2CCCc3cccnc32)nc2ccccc21. The average Bonchev–Trinajstić information content (AvgIpc) is 3.39. The second kappa shape index (κ2) is 13.4. The van der Waals surface area contributed by atoms with Crippen LogP contribution in [0.25, 0.3) is 22.3 Å². The molecule has 1 aliphatic carbocycles. The number of amides is 1. The van der Waals surface area contributed by atoms with E-state index in [1.807, 2.05) is 42.6 Å². The number of imidazole rings is 1. The lowest BCUT2D eigenvalue weighted by Crippen LogP contribution is -2.33. The summed E-state index contributed by atoms with van der Waals surface area (Å²) in [6.45, 7) is 9.43. The monoisotopic (exact) mass is 618 g/mol. The van der Waals surface area contributed by atoms with Gasteiger partial charge in [-0.1, -0.05) is 56.0 Å². The number of carbonyl (C=O) groups excluding carboxylic acids is 1. The van der Waals surface area contributed by atoms with E-state index in [0.29, 0.717) is 25.4 Å². The van der Waals surface area contributed by atoms with Gasteiger partial charge in [-0.05, 0) is 72.8 Å². The molecule has 6 rings (SSSR count). The Morgan fingerprint density at radius 2 is 1.80 bits per heavy atom. The highest BCUT2D eigenvalue weighted by Crippen LogP contribution is 2.37. The van der Waals surface area contributed by atoms with Gasteiger partial charge >= 0.3 is 0 Å². The van der Waals surface area contributed by atoms with Crippen LogP contribution < -0.4 is 5.73 Å². The third-order valence-corrected chi connectivity index (χ3v) is 10.3. The lowest BCUT2D eigenvalue weighted by molar-refractivity contribution is 0.0824. The average molecular weight is 619 g/mol. The largest absolute Gasteiger partial charge is 0.366 e. The summed E-state index contributed by atoms with van der Waals surface area (Å²) in [5, 5.41) is 0. The van der Waals surface area contributed by atoms with Gasteiger partial charge in [-0.2, -0.15) is 0 Å². The molecule has 0 spiro atoms. The topological polar surface area (TPSA) is 99.2 Å². The van der Waals surface area contributed by atoms with Crippen molar-refractivity contribution in [2.24, 2.45) is 5.73 Å². The van der Waals surface area contributed by atoms with Crippen LogP contribution in [0, 0.1) is 0 Å². The molecule has 9 heteroatoms. The molecule has 5 aromatic rings. The third-order valence-electron chi connectivity index (χ3n) is 8.61. The standard InChI is InChI=1S/C36H42N6O2Si/c1-45(2,3)22-21-44-25-42-31-17-5-4-15-29(31)40-33(42)24-41(32-18-9-11-26-13-10-20-39-35(26)32)23-27-12-8-14-28(36(37)43)34(27)30-16-6-7-19-38-30/h4-8,10,12-17,19-20,32H,9,11,18,21-25H2,1-3H3,(H2,37,43). The predicted octanol–water partition coefficient (Wildman–Crippen LogP) is 6.98. The fourth-order valence-corrected chi connectivity index (χ4v) is 7.05. The zero-order valence-corrected chi connectivity index (χ0v) is 27.4. The minimum absolute atomic E-state index is 0.0739. The molecule has 1 unspecified atom stereocenters. The lowest BCUT2D eigenvalue weighted by Gasteiger charge is -2.35. The Hall–Kier alpha value is -4.18. The summed E-state index contributed by atoms with van der Waals surface area (Å²) in [6, 6.07) is 25.2. The van der Waals surface area contributed by atoms with Crippen LogP contribution >= 0.6 is 0 Å². The number of carbonyl (C=O) groups is 1. The molecule has 0 radical (unpaired) electrons. The van der Waals surface area contributed by atoms with Crippen molar-refractivity contribution in [3.63, 3.8) is 0 Å². The zero-order chi connectivity index (χ0) is 31.4. The van der Waals surface area contributed by atoms with Crippen LogP contribution in [0.4, 0.5) is 0 Å². The smallest absolute Gasteiger partial charge is 0.249 e. The van der Waals surface area contributed by atoms with Gasteiger partial charge in [-0.3, -0.25) is 19.7 Å². The first kappa shape index (κ1) is 30.8. The van der Waals surface area contributed by atoms with Crippen molar-refractivity contribution in [2.45, 2.75) is 70.8 Å². The molecule has 1 atom stereocenters. The number of pyridine rings is 2.